The van der Waals surface area contributed by atoms with E-state index in [1.165, 1.54) is 25.3 Å². The van der Waals surface area contributed by atoms with E-state index < -0.39 is 6.61 Å². The first kappa shape index (κ1) is 18.4. The molecule has 2 N–H and O–H groups in total. The van der Waals surface area contributed by atoms with Crippen molar-refractivity contribution in [3.05, 3.63) is 23.8 Å². The van der Waals surface area contributed by atoms with Crippen molar-refractivity contribution in [2.75, 3.05) is 26.7 Å². The summed E-state index contributed by atoms with van der Waals surface area (Å²) in [5.74, 6) is 0.172. The second-order valence-corrected chi connectivity index (χ2v) is 4.89. The molecule has 1 saturated heterocycles. The monoisotopic (exact) mass is 336 g/mol. The highest BCUT2D eigenvalue weighted by Gasteiger charge is 2.26. The van der Waals surface area contributed by atoms with Crippen LogP contribution in [0.25, 0.3) is 0 Å². The number of nitrogens with two attached hydrogens (primary N) is 1. The van der Waals surface area contributed by atoms with Crippen molar-refractivity contribution in [1.29, 1.82) is 0 Å². The van der Waals surface area contributed by atoms with Gasteiger partial charge in [-0.2, -0.15) is 8.78 Å². The van der Waals surface area contributed by atoms with Crippen LogP contribution in [0.5, 0.6) is 11.5 Å². The summed E-state index contributed by atoms with van der Waals surface area (Å²) >= 11 is 0. The van der Waals surface area contributed by atoms with Crippen LogP contribution in [0, 0.1) is 5.92 Å². The molecule has 1 heterocycles. The smallest absolute Gasteiger partial charge is 0.387 e. The number of nitrogens with zero attached hydrogens (tertiary/aromatic N) is 1. The standard InChI is InChI=1S/C14H18F2N2O3.ClH/c1-20-12-6-10(2-3-11(12)21-14(15)16)13(19)18-5-4-9(7-17)8-18;/h2-3,6,9,14H,4-5,7-8,17H2,1H3;1H. The molecule has 1 amide bonds. The quantitative estimate of drug-likeness (QED) is 0.894. The number of carbonyl (C=O) groups excluding carboxylic acids is 1. The molecule has 124 valence electrons. The van der Waals surface area contributed by atoms with Crippen LogP contribution in [-0.2, 0) is 0 Å². The largest absolute Gasteiger partial charge is 0.493 e. The summed E-state index contributed by atoms with van der Waals surface area (Å²) in [6.07, 6.45) is 0.881. The van der Waals surface area contributed by atoms with Crippen molar-refractivity contribution in [3.63, 3.8) is 0 Å². The zero-order valence-electron chi connectivity index (χ0n) is 12.1. The Kier molecular flexibility index (Phi) is 6.83. The molecular formula is C14H19ClF2N2O3. The Labute approximate surface area is 133 Å². The van der Waals surface area contributed by atoms with Gasteiger partial charge in [-0.3, -0.25) is 4.79 Å². The molecule has 2 rings (SSSR count). The van der Waals surface area contributed by atoms with Gasteiger partial charge in [0.2, 0.25) is 0 Å². The highest BCUT2D eigenvalue weighted by Crippen LogP contribution is 2.30. The maximum Gasteiger partial charge on any atom is 0.387 e. The van der Waals surface area contributed by atoms with E-state index in [1.54, 1.807) is 4.90 Å². The van der Waals surface area contributed by atoms with Gasteiger partial charge in [0.15, 0.2) is 11.5 Å². The van der Waals surface area contributed by atoms with Crippen LogP contribution in [0.15, 0.2) is 18.2 Å². The third-order valence-electron chi connectivity index (χ3n) is 3.53. The number of methoxy groups -OCH3 is 1. The summed E-state index contributed by atoms with van der Waals surface area (Å²) in [5, 5.41) is 0. The van der Waals surface area contributed by atoms with Crippen LogP contribution in [-0.4, -0.2) is 44.2 Å². The number of hydrogen-bond donors (Lipinski definition) is 1. The first-order valence-electron chi connectivity index (χ1n) is 6.67. The highest BCUT2D eigenvalue weighted by atomic mass is 35.5. The third kappa shape index (κ3) is 4.20. The molecule has 0 saturated carbocycles. The molecule has 5 nitrogen and oxygen atoms in total. The molecule has 1 atom stereocenters. The lowest BCUT2D eigenvalue weighted by atomic mass is 10.1. The molecule has 1 aromatic rings. The molecule has 0 radical (unpaired) electrons. The lowest BCUT2D eigenvalue weighted by Gasteiger charge is -2.17. The van der Waals surface area contributed by atoms with Crippen LogP contribution in [0.2, 0.25) is 0 Å². The fraction of sp³-hybridized carbons (Fsp3) is 0.500. The van der Waals surface area contributed by atoms with Crippen LogP contribution in [0.1, 0.15) is 16.8 Å². The predicted molar refractivity (Wildman–Crippen MR) is 79.9 cm³/mol. The Morgan fingerprint density at radius 2 is 2.18 bits per heavy atom. The summed E-state index contributed by atoms with van der Waals surface area (Å²) in [6, 6.07) is 4.18. The van der Waals surface area contributed by atoms with Crippen LogP contribution < -0.4 is 15.2 Å². The van der Waals surface area contributed by atoms with Gasteiger partial charge in [-0.05, 0) is 37.1 Å². The zero-order chi connectivity index (χ0) is 15.4. The van der Waals surface area contributed by atoms with Gasteiger partial charge in [-0.25, -0.2) is 0 Å². The summed E-state index contributed by atoms with van der Waals surface area (Å²) in [7, 11) is 1.34. The van der Waals surface area contributed by atoms with E-state index in [-0.39, 0.29) is 29.8 Å². The van der Waals surface area contributed by atoms with Crippen molar-refractivity contribution < 1.29 is 23.0 Å². The number of carbonyl (C=O) groups is 1. The topological polar surface area (TPSA) is 64.8 Å². The molecule has 1 fully saturated rings. The number of amides is 1. The minimum absolute atomic E-state index is 0. The Hall–Kier alpha value is -1.60. The summed E-state index contributed by atoms with van der Waals surface area (Å²) in [5.41, 5.74) is 5.98. The fourth-order valence-corrected chi connectivity index (χ4v) is 2.39. The van der Waals surface area contributed by atoms with E-state index in [0.29, 0.717) is 31.1 Å². The molecule has 22 heavy (non-hydrogen) atoms. The van der Waals surface area contributed by atoms with Gasteiger partial charge in [0.1, 0.15) is 0 Å². The third-order valence-corrected chi connectivity index (χ3v) is 3.53. The molecule has 0 aliphatic carbocycles. The molecule has 1 unspecified atom stereocenters. The van der Waals surface area contributed by atoms with Gasteiger partial charge >= 0.3 is 6.61 Å². The minimum atomic E-state index is -2.94. The van der Waals surface area contributed by atoms with Gasteiger partial charge in [0.05, 0.1) is 7.11 Å². The molecule has 1 aliphatic heterocycles. The van der Waals surface area contributed by atoms with Crippen molar-refractivity contribution in [2.45, 2.75) is 13.0 Å². The Bertz CT molecular complexity index is 517. The number of likely N-dealkylation sites (tertiary alicyclic amines) is 1. The molecule has 0 spiro atoms. The van der Waals surface area contributed by atoms with Crippen molar-refractivity contribution >= 4 is 18.3 Å². The van der Waals surface area contributed by atoms with E-state index in [9.17, 15) is 13.6 Å². The number of rotatable bonds is 5. The maximum atomic E-state index is 12.4. The summed E-state index contributed by atoms with van der Waals surface area (Å²) in [4.78, 5) is 14.1. The number of benzene rings is 1. The van der Waals surface area contributed by atoms with E-state index >= 15 is 0 Å². The molecule has 1 aromatic carbocycles. The second kappa shape index (κ2) is 8.14. The van der Waals surface area contributed by atoms with Gasteiger partial charge in [0, 0.05) is 18.7 Å². The van der Waals surface area contributed by atoms with Crippen molar-refractivity contribution in [1.82, 2.24) is 4.90 Å². The Morgan fingerprint density at radius 1 is 1.45 bits per heavy atom. The van der Waals surface area contributed by atoms with Gasteiger partial charge in [-0.1, -0.05) is 0 Å². The van der Waals surface area contributed by atoms with Gasteiger partial charge in [0.25, 0.3) is 5.91 Å². The SMILES string of the molecule is COc1cc(C(=O)N2CCC(CN)C2)ccc1OC(F)F.Cl. The number of hydrogen-bond acceptors (Lipinski definition) is 4. The number of halogens is 3. The zero-order valence-corrected chi connectivity index (χ0v) is 12.9. The van der Waals surface area contributed by atoms with Gasteiger partial charge < -0.3 is 20.1 Å². The van der Waals surface area contributed by atoms with Crippen molar-refractivity contribution in [3.8, 4) is 11.5 Å². The summed E-state index contributed by atoms with van der Waals surface area (Å²) < 4.78 is 33.8. The van der Waals surface area contributed by atoms with E-state index in [1.807, 2.05) is 0 Å². The van der Waals surface area contributed by atoms with Crippen molar-refractivity contribution in [2.24, 2.45) is 11.7 Å². The van der Waals surface area contributed by atoms with E-state index in [2.05, 4.69) is 4.74 Å². The first-order chi connectivity index (χ1) is 10.0. The minimum Gasteiger partial charge on any atom is -0.493 e. The highest BCUT2D eigenvalue weighted by molar-refractivity contribution is 5.95. The Morgan fingerprint density at radius 3 is 2.73 bits per heavy atom. The maximum absolute atomic E-state index is 12.4. The molecule has 0 aromatic heterocycles. The van der Waals surface area contributed by atoms with E-state index in [4.69, 9.17) is 10.5 Å². The molecule has 8 heteroatoms. The molecule has 0 bridgehead atoms. The summed E-state index contributed by atoms with van der Waals surface area (Å²) in [6.45, 7) is -1.12. The Balaban J connectivity index is 0.00000242. The predicted octanol–water partition coefficient (Wildman–Crippen LogP) is 2.14. The fourth-order valence-electron chi connectivity index (χ4n) is 2.39. The van der Waals surface area contributed by atoms with Crippen LogP contribution in [0.3, 0.4) is 0 Å². The average molecular weight is 337 g/mol. The van der Waals surface area contributed by atoms with Crippen LogP contribution in [0.4, 0.5) is 8.78 Å². The van der Waals surface area contributed by atoms with Crippen LogP contribution >= 0.6 is 12.4 Å². The molecule has 1 aliphatic rings. The average Bonchev–Trinajstić information content (AvgIpc) is 2.95. The normalized spacial score (nSPS) is 17.3. The first-order valence-corrected chi connectivity index (χ1v) is 6.67. The lowest BCUT2D eigenvalue weighted by molar-refractivity contribution is -0.0512. The lowest BCUT2D eigenvalue weighted by Crippen LogP contribution is -2.29. The van der Waals surface area contributed by atoms with E-state index in [0.717, 1.165) is 6.42 Å². The van der Waals surface area contributed by atoms with Gasteiger partial charge in [-0.15, -0.1) is 12.4 Å². The number of ether oxygens (including phenoxy) is 2. The second-order valence-electron chi connectivity index (χ2n) is 4.89. The number of alkyl halides is 2. The molecular weight excluding hydrogens is 318 g/mol.